The summed E-state index contributed by atoms with van der Waals surface area (Å²) in [6, 6.07) is 0.673. The molecule has 0 aliphatic carbocycles. The minimum absolute atomic E-state index is 0.0418. The minimum Gasteiger partial charge on any atom is -0.211 e. The molecule has 1 unspecified atom stereocenters. The first-order chi connectivity index (χ1) is 7.56. The molecule has 0 saturated heterocycles. The molecule has 0 aliphatic rings. The molecular weight excluding hydrogens is 257 g/mol. The van der Waals surface area contributed by atoms with Gasteiger partial charge in [0.05, 0.1) is 6.07 Å². The first-order valence-corrected chi connectivity index (χ1v) is 6.53. The van der Waals surface area contributed by atoms with Crippen molar-refractivity contribution < 1.29 is 21.6 Å². The van der Waals surface area contributed by atoms with Crippen molar-refractivity contribution >= 4 is 10.0 Å². The second-order valence-corrected chi connectivity index (χ2v) is 5.89. The third kappa shape index (κ3) is 4.52. The van der Waals surface area contributed by atoms with Gasteiger partial charge >= 0.3 is 6.18 Å². The van der Waals surface area contributed by atoms with Gasteiger partial charge in [0.25, 0.3) is 0 Å². The lowest BCUT2D eigenvalue weighted by atomic mass is 10.4. The van der Waals surface area contributed by atoms with Gasteiger partial charge in [-0.1, -0.05) is 6.92 Å². The lowest BCUT2D eigenvalue weighted by molar-refractivity contribution is -0.138. The van der Waals surface area contributed by atoms with Crippen LogP contribution in [0.5, 0.6) is 0 Å². The molecular formula is C9H15F3N2O2S. The van der Waals surface area contributed by atoms with Crippen molar-refractivity contribution in [2.24, 2.45) is 0 Å². The molecule has 0 N–H and O–H groups in total. The molecule has 100 valence electrons. The standard InChI is InChI=1S/C9H15F3N2O2S/c1-4-8(5-13)17(15,16)14(7(2)3)6-9(10,11)12/h7-8H,4,6H2,1-3H3. The van der Waals surface area contributed by atoms with E-state index in [0.717, 1.165) is 0 Å². The molecule has 0 aromatic rings. The summed E-state index contributed by atoms with van der Waals surface area (Å²) in [5, 5.41) is 7.22. The molecule has 0 aromatic heterocycles. The Morgan fingerprint density at radius 3 is 2.06 bits per heavy atom. The fraction of sp³-hybridized carbons (Fsp3) is 0.889. The molecule has 0 amide bonds. The highest BCUT2D eigenvalue weighted by Gasteiger charge is 2.40. The number of halogens is 3. The number of nitrogens with zero attached hydrogens (tertiary/aromatic N) is 2. The van der Waals surface area contributed by atoms with Crippen LogP contribution in [0.25, 0.3) is 0 Å². The predicted octanol–water partition coefficient (Wildman–Crippen LogP) is 1.89. The van der Waals surface area contributed by atoms with E-state index < -0.39 is 34.0 Å². The Bertz CT molecular complexity index is 384. The van der Waals surface area contributed by atoms with Gasteiger partial charge in [0.1, 0.15) is 6.54 Å². The van der Waals surface area contributed by atoms with Crippen molar-refractivity contribution in [3.8, 4) is 6.07 Å². The Kier molecular flexibility index (Phi) is 5.42. The zero-order valence-electron chi connectivity index (χ0n) is 9.82. The van der Waals surface area contributed by atoms with Crippen LogP contribution in [0.4, 0.5) is 13.2 Å². The Morgan fingerprint density at radius 2 is 1.82 bits per heavy atom. The number of rotatable bonds is 5. The quantitative estimate of drug-likeness (QED) is 0.767. The molecule has 8 heteroatoms. The molecule has 0 aromatic carbocycles. The third-order valence-corrected chi connectivity index (χ3v) is 4.47. The fourth-order valence-corrected chi connectivity index (χ4v) is 3.07. The SMILES string of the molecule is CCC(C#N)S(=O)(=O)N(CC(F)(F)F)C(C)C. The number of alkyl halides is 3. The molecule has 0 fully saturated rings. The maximum Gasteiger partial charge on any atom is 0.402 e. The molecule has 0 rings (SSSR count). The topological polar surface area (TPSA) is 61.2 Å². The Morgan fingerprint density at radius 1 is 1.35 bits per heavy atom. The highest BCUT2D eigenvalue weighted by Crippen LogP contribution is 2.23. The van der Waals surface area contributed by atoms with E-state index in [0.29, 0.717) is 4.31 Å². The van der Waals surface area contributed by atoms with Gasteiger partial charge in [-0.05, 0) is 20.3 Å². The minimum atomic E-state index is -4.62. The monoisotopic (exact) mass is 272 g/mol. The summed E-state index contributed by atoms with van der Waals surface area (Å²) in [4.78, 5) is 0. The van der Waals surface area contributed by atoms with E-state index in [2.05, 4.69) is 0 Å². The number of hydrogen-bond acceptors (Lipinski definition) is 3. The maximum atomic E-state index is 12.3. The largest absolute Gasteiger partial charge is 0.402 e. The van der Waals surface area contributed by atoms with Gasteiger partial charge < -0.3 is 0 Å². The van der Waals surface area contributed by atoms with Crippen molar-refractivity contribution in [3.05, 3.63) is 0 Å². The highest BCUT2D eigenvalue weighted by atomic mass is 32.2. The normalized spacial score (nSPS) is 15.0. The van der Waals surface area contributed by atoms with Crippen LogP contribution in [-0.4, -0.2) is 36.7 Å². The zero-order chi connectivity index (χ0) is 13.9. The number of nitriles is 1. The summed E-state index contributed by atoms with van der Waals surface area (Å²) in [7, 11) is -4.24. The van der Waals surface area contributed by atoms with Crippen LogP contribution in [0.1, 0.15) is 27.2 Å². The van der Waals surface area contributed by atoms with Crippen molar-refractivity contribution in [2.75, 3.05) is 6.54 Å². The van der Waals surface area contributed by atoms with Crippen LogP contribution in [0.3, 0.4) is 0 Å². The molecule has 17 heavy (non-hydrogen) atoms. The van der Waals surface area contributed by atoms with E-state index in [4.69, 9.17) is 5.26 Å². The molecule has 0 aliphatic heterocycles. The Hall–Kier alpha value is -0.810. The van der Waals surface area contributed by atoms with Crippen LogP contribution in [-0.2, 0) is 10.0 Å². The van der Waals surface area contributed by atoms with Crippen LogP contribution in [0, 0.1) is 11.3 Å². The van der Waals surface area contributed by atoms with Crippen LogP contribution < -0.4 is 0 Å². The van der Waals surface area contributed by atoms with Gasteiger partial charge in [-0.25, -0.2) is 8.42 Å². The Labute approximate surface area is 99.1 Å². The van der Waals surface area contributed by atoms with Crippen LogP contribution in [0.15, 0.2) is 0 Å². The lowest BCUT2D eigenvalue weighted by Gasteiger charge is -2.28. The Balaban J connectivity index is 5.28. The van der Waals surface area contributed by atoms with E-state index in [9.17, 15) is 21.6 Å². The molecule has 0 heterocycles. The summed E-state index contributed by atoms with van der Waals surface area (Å²) in [6.45, 7) is 2.56. The molecule has 1 atom stereocenters. The van der Waals surface area contributed by atoms with Gasteiger partial charge in [-0.2, -0.15) is 22.7 Å². The van der Waals surface area contributed by atoms with Crippen LogP contribution >= 0.6 is 0 Å². The van der Waals surface area contributed by atoms with Gasteiger partial charge in [0.2, 0.25) is 10.0 Å². The zero-order valence-corrected chi connectivity index (χ0v) is 10.6. The number of hydrogen-bond donors (Lipinski definition) is 0. The first kappa shape index (κ1) is 16.2. The van der Waals surface area contributed by atoms with Crippen molar-refractivity contribution in [1.29, 1.82) is 5.26 Å². The number of sulfonamides is 1. The summed E-state index contributed by atoms with van der Waals surface area (Å²) in [5.74, 6) is 0. The van der Waals surface area contributed by atoms with Gasteiger partial charge in [0.15, 0.2) is 5.25 Å². The molecule has 4 nitrogen and oxygen atoms in total. The van der Waals surface area contributed by atoms with E-state index in [1.54, 1.807) is 0 Å². The van der Waals surface area contributed by atoms with Gasteiger partial charge in [-0.15, -0.1) is 0 Å². The summed E-state index contributed by atoms with van der Waals surface area (Å²) >= 11 is 0. The summed E-state index contributed by atoms with van der Waals surface area (Å²) < 4.78 is 60.8. The van der Waals surface area contributed by atoms with Crippen molar-refractivity contribution in [2.45, 2.75) is 44.7 Å². The predicted molar refractivity (Wildman–Crippen MR) is 56.5 cm³/mol. The highest BCUT2D eigenvalue weighted by molar-refractivity contribution is 7.90. The molecule has 0 saturated carbocycles. The lowest BCUT2D eigenvalue weighted by Crippen LogP contribution is -2.46. The average Bonchev–Trinajstić information content (AvgIpc) is 2.13. The summed E-state index contributed by atoms with van der Waals surface area (Å²) in [6.07, 6.45) is -4.66. The van der Waals surface area contributed by atoms with Crippen molar-refractivity contribution in [3.63, 3.8) is 0 Å². The van der Waals surface area contributed by atoms with E-state index >= 15 is 0 Å². The van der Waals surface area contributed by atoms with E-state index in [1.807, 2.05) is 0 Å². The average molecular weight is 272 g/mol. The molecule has 0 radical (unpaired) electrons. The first-order valence-electron chi connectivity index (χ1n) is 5.03. The smallest absolute Gasteiger partial charge is 0.211 e. The fourth-order valence-electron chi connectivity index (χ4n) is 1.28. The third-order valence-electron chi connectivity index (χ3n) is 2.11. The van der Waals surface area contributed by atoms with Gasteiger partial charge in [-0.3, -0.25) is 0 Å². The van der Waals surface area contributed by atoms with Crippen LogP contribution in [0.2, 0.25) is 0 Å². The summed E-state index contributed by atoms with van der Waals surface area (Å²) in [5.41, 5.74) is 0. The van der Waals surface area contributed by atoms with Crippen molar-refractivity contribution in [1.82, 2.24) is 4.31 Å². The second kappa shape index (κ2) is 5.69. The van der Waals surface area contributed by atoms with E-state index in [-0.39, 0.29) is 6.42 Å². The molecule has 0 bridgehead atoms. The second-order valence-electron chi connectivity index (χ2n) is 3.83. The molecule has 0 spiro atoms. The van der Waals surface area contributed by atoms with Gasteiger partial charge in [0, 0.05) is 6.04 Å². The van der Waals surface area contributed by atoms with E-state index in [1.165, 1.54) is 26.8 Å². The maximum absolute atomic E-state index is 12.3.